The number of hydrogen-bond acceptors (Lipinski definition) is 4. The first-order valence-electron chi connectivity index (χ1n) is 7.55. The Kier molecular flexibility index (Phi) is 4.53. The average Bonchev–Trinajstić information content (AvgIpc) is 3.16. The van der Waals surface area contributed by atoms with Gasteiger partial charge in [-0.3, -0.25) is 9.39 Å². The molecule has 1 saturated heterocycles. The second-order valence-corrected chi connectivity index (χ2v) is 5.50. The number of methoxy groups -OCH3 is 1. The number of nitrogens with one attached hydrogen (secondary N) is 1. The maximum Gasteiger partial charge on any atom is 0.194 e. The van der Waals surface area contributed by atoms with Crippen LogP contribution in [0.2, 0.25) is 0 Å². The van der Waals surface area contributed by atoms with E-state index in [2.05, 4.69) is 25.4 Å². The highest BCUT2D eigenvalue weighted by atomic mass is 16.5. The van der Waals surface area contributed by atoms with Crippen LogP contribution in [0.1, 0.15) is 12.2 Å². The minimum Gasteiger partial charge on any atom is -0.384 e. The molecule has 1 aliphatic heterocycles. The second kappa shape index (κ2) is 6.74. The number of ether oxygens (including phenoxy) is 1. The van der Waals surface area contributed by atoms with Crippen molar-refractivity contribution in [1.29, 1.82) is 0 Å². The van der Waals surface area contributed by atoms with E-state index in [9.17, 15) is 0 Å². The summed E-state index contributed by atoms with van der Waals surface area (Å²) in [5, 5.41) is 11.8. The number of rotatable bonds is 4. The van der Waals surface area contributed by atoms with Crippen molar-refractivity contribution in [3.8, 4) is 0 Å². The van der Waals surface area contributed by atoms with Crippen LogP contribution in [0.25, 0.3) is 5.65 Å². The van der Waals surface area contributed by atoms with E-state index in [0.717, 1.165) is 43.5 Å². The standard InChI is InChI=1S/C15H22N6O/c1-16-15(20-8-6-12(10-20)11-22-2)17-9-14-19-18-13-5-3-4-7-21(13)14/h3-5,7,12H,6,8-11H2,1-2H3,(H,16,17). The first-order valence-corrected chi connectivity index (χ1v) is 7.55. The molecule has 7 heteroatoms. The first-order chi connectivity index (χ1) is 10.8. The number of aromatic nitrogens is 3. The van der Waals surface area contributed by atoms with Crippen molar-refractivity contribution in [2.24, 2.45) is 10.9 Å². The summed E-state index contributed by atoms with van der Waals surface area (Å²) in [7, 11) is 3.57. The van der Waals surface area contributed by atoms with Gasteiger partial charge in [-0.1, -0.05) is 6.07 Å². The fourth-order valence-electron chi connectivity index (χ4n) is 2.90. The van der Waals surface area contributed by atoms with Crippen molar-refractivity contribution < 1.29 is 4.74 Å². The summed E-state index contributed by atoms with van der Waals surface area (Å²) in [6.07, 6.45) is 3.11. The molecule has 1 atom stereocenters. The summed E-state index contributed by atoms with van der Waals surface area (Å²) < 4.78 is 7.23. The molecule has 1 unspecified atom stereocenters. The number of likely N-dealkylation sites (tertiary alicyclic amines) is 1. The highest BCUT2D eigenvalue weighted by Crippen LogP contribution is 2.16. The molecular weight excluding hydrogens is 280 g/mol. The molecular formula is C15H22N6O. The summed E-state index contributed by atoms with van der Waals surface area (Å²) in [4.78, 5) is 6.65. The Morgan fingerprint density at radius 1 is 1.45 bits per heavy atom. The van der Waals surface area contributed by atoms with Crippen molar-refractivity contribution in [2.45, 2.75) is 13.0 Å². The van der Waals surface area contributed by atoms with Gasteiger partial charge in [0.2, 0.25) is 0 Å². The van der Waals surface area contributed by atoms with E-state index < -0.39 is 0 Å². The lowest BCUT2D eigenvalue weighted by atomic mass is 10.1. The van der Waals surface area contributed by atoms with Crippen LogP contribution in [0, 0.1) is 5.92 Å². The third-order valence-electron chi connectivity index (χ3n) is 3.99. The summed E-state index contributed by atoms with van der Waals surface area (Å²) >= 11 is 0. The Morgan fingerprint density at radius 3 is 3.18 bits per heavy atom. The lowest BCUT2D eigenvalue weighted by molar-refractivity contribution is 0.157. The quantitative estimate of drug-likeness (QED) is 0.667. The number of aliphatic imine (C=N–C) groups is 1. The van der Waals surface area contributed by atoms with Gasteiger partial charge >= 0.3 is 0 Å². The van der Waals surface area contributed by atoms with Crippen LogP contribution in [0.3, 0.4) is 0 Å². The predicted molar refractivity (Wildman–Crippen MR) is 84.7 cm³/mol. The van der Waals surface area contributed by atoms with Crippen LogP contribution in [0.4, 0.5) is 0 Å². The van der Waals surface area contributed by atoms with Crippen LogP contribution < -0.4 is 5.32 Å². The number of fused-ring (bicyclic) bond motifs is 1. The lowest BCUT2D eigenvalue weighted by Gasteiger charge is -2.21. The van der Waals surface area contributed by atoms with E-state index in [1.807, 2.05) is 35.8 Å². The first kappa shape index (κ1) is 14.8. The molecule has 0 aliphatic carbocycles. The molecule has 2 aromatic rings. The van der Waals surface area contributed by atoms with Crippen LogP contribution in [-0.4, -0.2) is 59.3 Å². The van der Waals surface area contributed by atoms with Gasteiger partial charge in [-0.2, -0.15) is 0 Å². The normalized spacial score (nSPS) is 19.1. The molecule has 3 heterocycles. The fourth-order valence-corrected chi connectivity index (χ4v) is 2.90. The summed E-state index contributed by atoms with van der Waals surface area (Å²) in [5.74, 6) is 2.37. The van der Waals surface area contributed by atoms with E-state index >= 15 is 0 Å². The van der Waals surface area contributed by atoms with Crippen molar-refractivity contribution >= 4 is 11.6 Å². The third-order valence-corrected chi connectivity index (χ3v) is 3.99. The Morgan fingerprint density at radius 2 is 2.36 bits per heavy atom. The van der Waals surface area contributed by atoms with Crippen LogP contribution >= 0.6 is 0 Å². The van der Waals surface area contributed by atoms with Gasteiger partial charge in [-0.05, 0) is 18.6 Å². The highest BCUT2D eigenvalue weighted by molar-refractivity contribution is 5.80. The second-order valence-electron chi connectivity index (χ2n) is 5.50. The molecule has 0 radical (unpaired) electrons. The molecule has 0 amide bonds. The fraction of sp³-hybridized carbons (Fsp3) is 0.533. The van der Waals surface area contributed by atoms with Gasteiger partial charge in [-0.15, -0.1) is 10.2 Å². The molecule has 118 valence electrons. The Hall–Kier alpha value is -2.15. The van der Waals surface area contributed by atoms with Gasteiger partial charge in [0.05, 0.1) is 13.2 Å². The lowest BCUT2D eigenvalue weighted by Crippen LogP contribution is -2.40. The molecule has 0 spiro atoms. The molecule has 22 heavy (non-hydrogen) atoms. The summed E-state index contributed by atoms with van der Waals surface area (Å²) in [5.41, 5.74) is 0.857. The monoisotopic (exact) mass is 302 g/mol. The molecule has 3 rings (SSSR count). The summed E-state index contributed by atoms with van der Waals surface area (Å²) in [6.45, 7) is 3.40. The van der Waals surface area contributed by atoms with Gasteiger partial charge in [0, 0.05) is 39.4 Å². The smallest absolute Gasteiger partial charge is 0.194 e. The van der Waals surface area contributed by atoms with Gasteiger partial charge in [-0.25, -0.2) is 0 Å². The number of nitrogens with zero attached hydrogens (tertiary/aromatic N) is 5. The number of guanidine groups is 1. The molecule has 1 fully saturated rings. The van der Waals surface area contributed by atoms with Crippen LogP contribution in [0.5, 0.6) is 0 Å². The van der Waals surface area contributed by atoms with E-state index in [-0.39, 0.29) is 0 Å². The van der Waals surface area contributed by atoms with Crippen molar-refractivity contribution in [1.82, 2.24) is 24.8 Å². The third kappa shape index (κ3) is 3.04. The van der Waals surface area contributed by atoms with E-state index in [0.29, 0.717) is 12.5 Å². The van der Waals surface area contributed by atoms with Crippen molar-refractivity contribution in [3.05, 3.63) is 30.2 Å². The zero-order valence-electron chi connectivity index (χ0n) is 13.1. The van der Waals surface area contributed by atoms with Crippen LogP contribution in [-0.2, 0) is 11.3 Å². The van der Waals surface area contributed by atoms with Gasteiger partial charge in [0.25, 0.3) is 0 Å². The minimum atomic E-state index is 0.581. The molecule has 1 aliphatic rings. The zero-order chi connectivity index (χ0) is 15.4. The molecule has 7 nitrogen and oxygen atoms in total. The van der Waals surface area contributed by atoms with E-state index in [1.165, 1.54) is 0 Å². The number of pyridine rings is 1. The SMILES string of the molecule is CN=C(NCc1nnc2ccccn12)N1CCC(COC)C1. The van der Waals surface area contributed by atoms with E-state index in [4.69, 9.17) is 4.74 Å². The van der Waals surface area contributed by atoms with Gasteiger partial charge in [0.1, 0.15) is 0 Å². The Balaban J connectivity index is 1.62. The zero-order valence-corrected chi connectivity index (χ0v) is 13.1. The molecule has 0 aromatic carbocycles. The maximum absolute atomic E-state index is 5.25. The molecule has 1 N–H and O–H groups in total. The minimum absolute atomic E-state index is 0.581. The summed E-state index contributed by atoms with van der Waals surface area (Å²) in [6, 6.07) is 5.88. The predicted octanol–water partition coefficient (Wildman–Crippen LogP) is 0.773. The number of hydrogen-bond donors (Lipinski definition) is 1. The highest BCUT2D eigenvalue weighted by Gasteiger charge is 2.24. The maximum atomic E-state index is 5.25. The topological polar surface area (TPSA) is 67.0 Å². The molecule has 0 saturated carbocycles. The van der Waals surface area contributed by atoms with Gasteiger partial charge < -0.3 is 15.0 Å². The van der Waals surface area contributed by atoms with Crippen molar-refractivity contribution in [2.75, 3.05) is 33.9 Å². The Bertz CT molecular complexity index is 652. The van der Waals surface area contributed by atoms with E-state index in [1.54, 1.807) is 7.11 Å². The average molecular weight is 302 g/mol. The van der Waals surface area contributed by atoms with Crippen LogP contribution in [0.15, 0.2) is 29.4 Å². The molecule has 2 aromatic heterocycles. The Labute approximate surface area is 130 Å². The van der Waals surface area contributed by atoms with Crippen molar-refractivity contribution in [3.63, 3.8) is 0 Å². The molecule has 0 bridgehead atoms. The van der Waals surface area contributed by atoms with Gasteiger partial charge in [0.15, 0.2) is 17.4 Å². The largest absolute Gasteiger partial charge is 0.384 e.